The number of amides is 2. The topological polar surface area (TPSA) is 219 Å². The van der Waals surface area contributed by atoms with Gasteiger partial charge in [0.25, 0.3) is 5.91 Å². The van der Waals surface area contributed by atoms with Gasteiger partial charge in [-0.3, -0.25) is 9.59 Å². The van der Waals surface area contributed by atoms with Gasteiger partial charge in [0.05, 0.1) is 12.5 Å². The fourth-order valence-electron chi connectivity index (χ4n) is 3.97. The number of β-lactam (4-membered cyclic amide) rings is 1. The molecule has 2 fully saturated rings. The van der Waals surface area contributed by atoms with Crippen molar-refractivity contribution in [3.05, 3.63) is 17.1 Å². The van der Waals surface area contributed by atoms with Gasteiger partial charge in [0.2, 0.25) is 5.91 Å². The Morgan fingerprint density at radius 1 is 1.41 bits per heavy atom. The summed E-state index contributed by atoms with van der Waals surface area (Å²) in [5.41, 5.74) is 16.4. The van der Waals surface area contributed by atoms with Gasteiger partial charge in [-0.05, 0) is 6.92 Å². The normalized spacial score (nSPS) is 23.2. The van der Waals surface area contributed by atoms with Gasteiger partial charge < -0.3 is 42.2 Å². The largest absolute Gasteiger partial charge is 0.549 e. The Bertz CT molecular complexity index is 1250. The molecule has 0 aliphatic carbocycles. The fourth-order valence-corrected chi connectivity index (χ4v) is 7.28. The van der Waals surface area contributed by atoms with Gasteiger partial charge in [-0.25, -0.2) is 9.55 Å². The van der Waals surface area contributed by atoms with Gasteiger partial charge >= 0.3 is 5.95 Å². The van der Waals surface area contributed by atoms with Crippen LogP contribution in [0.2, 0.25) is 0 Å². The molecule has 2 saturated heterocycles. The number of aliphatic carboxylic acids is 1. The van der Waals surface area contributed by atoms with Gasteiger partial charge in [0.15, 0.2) is 21.7 Å². The van der Waals surface area contributed by atoms with Crippen LogP contribution in [-0.4, -0.2) is 74.9 Å². The monoisotopic (exact) mass is 567 g/mol. The number of carboxylic acids is 1. The van der Waals surface area contributed by atoms with Crippen LogP contribution in [0.25, 0.3) is 0 Å². The van der Waals surface area contributed by atoms with Crippen molar-refractivity contribution in [2.24, 2.45) is 10.6 Å². The highest BCUT2D eigenvalue weighted by Crippen LogP contribution is 2.44. The van der Waals surface area contributed by atoms with Crippen LogP contribution < -0.4 is 32.2 Å². The zero-order valence-electron chi connectivity index (χ0n) is 19.9. The number of aromatic nitrogens is 3. The van der Waals surface area contributed by atoms with Crippen molar-refractivity contribution in [3.63, 3.8) is 0 Å². The summed E-state index contributed by atoms with van der Waals surface area (Å²) in [5.74, 6) is -1.46. The van der Waals surface area contributed by atoms with Crippen molar-refractivity contribution in [3.8, 4) is 0 Å². The van der Waals surface area contributed by atoms with Crippen LogP contribution in [-0.2, 0) is 25.8 Å². The van der Waals surface area contributed by atoms with Crippen molar-refractivity contribution in [1.29, 1.82) is 0 Å². The van der Waals surface area contributed by atoms with Crippen molar-refractivity contribution in [2.45, 2.75) is 29.9 Å². The Balaban J connectivity index is 1.43. The fraction of sp³-hybridized carbons (Fsp3) is 0.450. The number of carbonyl (C=O) groups is 3. The predicted molar refractivity (Wildman–Crippen MR) is 137 cm³/mol. The van der Waals surface area contributed by atoms with E-state index in [1.165, 1.54) is 35.5 Å². The van der Waals surface area contributed by atoms with Gasteiger partial charge in [-0.15, -0.1) is 28.1 Å². The molecule has 7 N–H and O–H groups in total. The number of carbonyl (C=O) groups excluding carboxylic acids is 3. The number of anilines is 3. The Labute approximate surface area is 224 Å². The van der Waals surface area contributed by atoms with E-state index in [2.05, 4.69) is 20.4 Å². The van der Waals surface area contributed by atoms with Crippen molar-refractivity contribution in [2.75, 3.05) is 42.4 Å². The summed E-state index contributed by atoms with van der Waals surface area (Å²) in [6.07, 6.45) is 0. The molecule has 198 valence electrons. The van der Waals surface area contributed by atoms with E-state index in [9.17, 15) is 19.5 Å². The first-order valence-corrected chi connectivity index (χ1v) is 13.9. The minimum absolute atomic E-state index is 0.0698. The van der Waals surface area contributed by atoms with E-state index in [1.54, 1.807) is 16.0 Å². The molecule has 0 radical (unpaired) electrons. The first-order chi connectivity index (χ1) is 17.6. The highest BCUT2D eigenvalue weighted by atomic mass is 32.2. The third-order valence-electron chi connectivity index (χ3n) is 5.92. The molecule has 0 saturated carbocycles. The highest BCUT2D eigenvalue weighted by molar-refractivity contribution is 8.00. The number of thiazole rings is 1. The first kappa shape index (κ1) is 26.7. The average Bonchev–Trinajstić information content (AvgIpc) is 3.29. The van der Waals surface area contributed by atoms with Crippen LogP contribution >= 0.6 is 34.9 Å². The number of hydrogen-bond acceptors (Lipinski definition) is 14. The van der Waals surface area contributed by atoms with Gasteiger partial charge in [-0.2, -0.15) is 0 Å². The summed E-state index contributed by atoms with van der Waals surface area (Å²) >= 11 is 3.56. The summed E-state index contributed by atoms with van der Waals surface area (Å²) in [4.78, 5) is 52.5. The predicted octanol–water partition coefficient (Wildman–Crippen LogP) is -2.13. The molecule has 17 heteroatoms. The lowest BCUT2D eigenvalue weighted by atomic mass is 9.89. The highest BCUT2D eigenvalue weighted by Gasteiger charge is 2.55. The summed E-state index contributed by atoms with van der Waals surface area (Å²) in [6, 6.07) is 0.768. The molecule has 1 unspecified atom stereocenters. The Morgan fingerprint density at radius 2 is 2.16 bits per heavy atom. The number of nitrogens with one attached hydrogen (secondary N) is 1. The maximum absolute atomic E-state index is 12.9. The smallest absolute Gasteiger partial charge is 0.346 e. The van der Waals surface area contributed by atoms with Crippen molar-refractivity contribution < 1.29 is 28.9 Å². The van der Waals surface area contributed by atoms with E-state index in [0.717, 1.165) is 11.3 Å². The molecule has 2 amide bonds. The molecule has 2 aromatic heterocycles. The van der Waals surface area contributed by atoms with Crippen LogP contribution in [0.3, 0.4) is 0 Å². The molecular formula is C20H25N9O5S3. The quantitative estimate of drug-likeness (QED) is 0.0638. The molecule has 4 heterocycles. The average molecular weight is 568 g/mol. The van der Waals surface area contributed by atoms with E-state index in [4.69, 9.17) is 22.0 Å². The zero-order chi connectivity index (χ0) is 26.9. The van der Waals surface area contributed by atoms with Crippen LogP contribution in [0.15, 0.2) is 21.6 Å². The SMILES string of the molecule is CC[n+]1c(N)cc(SCC2(C(=O)[O-])CS[C@@H]3[C@H](NC(=O)C(=NOC)c4csc(N)n4)C(=O)N3C2)nc1N. The number of thioether (sulfide) groups is 2. The number of hydrogen-bond donors (Lipinski definition) is 4. The van der Waals surface area contributed by atoms with Crippen LogP contribution in [0.4, 0.5) is 16.9 Å². The van der Waals surface area contributed by atoms with Crippen LogP contribution in [0.5, 0.6) is 0 Å². The molecule has 14 nitrogen and oxygen atoms in total. The summed E-state index contributed by atoms with van der Waals surface area (Å²) < 4.78 is 1.62. The second-order valence-corrected chi connectivity index (χ2v) is 11.3. The van der Waals surface area contributed by atoms with Crippen molar-refractivity contribution >= 4 is 75.3 Å². The molecule has 2 aromatic rings. The molecular weight excluding hydrogens is 542 g/mol. The molecule has 0 spiro atoms. The molecule has 2 aliphatic heterocycles. The lowest BCUT2D eigenvalue weighted by Gasteiger charge is -2.55. The summed E-state index contributed by atoms with van der Waals surface area (Å²) in [6.45, 7) is 2.35. The second-order valence-electron chi connectivity index (χ2n) is 8.29. The number of nitrogens with zero attached hydrogens (tertiary/aromatic N) is 5. The van der Waals surface area contributed by atoms with Crippen LogP contribution in [0.1, 0.15) is 12.6 Å². The van der Waals surface area contributed by atoms with Crippen LogP contribution in [0, 0.1) is 5.41 Å². The van der Waals surface area contributed by atoms with Gasteiger partial charge in [0, 0.05) is 34.9 Å². The van der Waals surface area contributed by atoms with E-state index in [-0.39, 0.29) is 40.5 Å². The van der Waals surface area contributed by atoms with E-state index in [0.29, 0.717) is 17.4 Å². The number of carboxylic acid groups (broad SMARTS) is 1. The van der Waals surface area contributed by atoms with Gasteiger partial charge in [0.1, 0.15) is 24.2 Å². The van der Waals surface area contributed by atoms with E-state index >= 15 is 0 Å². The number of nitrogen functional groups attached to an aromatic ring is 3. The molecule has 4 rings (SSSR count). The second kappa shape index (κ2) is 10.6. The number of nitrogens with two attached hydrogens (primary N) is 3. The molecule has 0 bridgehead atoms. The minimum Gasteiger partial charge on any atom is -0.549 e. The molecule has 3 atom stereocenters. The zero-order valence-corrected chi connectivity index (χ0v) is 22.3. The third-order valence-corrected chi connectivity index (χ3v) is 9.39. The summed E-state index contributed by atoms with van der Waals surface area (Å²) in [5, 5.41) is 20.4. The molecule has 2 aliphatic rings. The Morgan fingerprint density at radius 3 is 2.76 bits per heavy atom. The molecule has 0 aromatic carbocycles. The molecule has 37 heavy (non-hydrogen) atoms. The minimum atomic E-state index is -1.33. The van der Waals surface area contributed by atoms with Gasteiger partial charge in [-0.1, -0.05) is 16.9 Å². The standard InChI is InChI=1S/C20H25N9O5S3/c1-3-28-10(21)4-11(25-18(28)22)36-7-20(17(32)33)6-29-15(31)13(16(29)37-8-20)26-14(30)12(27-34-2)9-5-35-19(23)24-9/h4-5,13,16H,3,6-8H2,1-2H3,(H7,21,22,23,24,25,26,30,32,33)/t13-,16-,20?/m1/s1. The maximum atomic E-state index is 12.9. The third kappa shape index (κ3) is 5.10. The first-order valence-electron chi connectivity index (χ1n) is 11.0. The lowest BCUT2D eigenvalue weighted by molar-refractivity contribution is -0.667. The Kier molecular flexibility index (Phi) is 7.65. The number of rotatable bonds is 9. The maximum Gasteiger partial charge on any atom is 0.346 e. The lowest BCUT2D eigenvalue weighted by Crippen LogP contribution is -2.75. The Hall–Kier alpha value is -3.31. The van der Waals surface area contributed by atoms with E-state index < -0.39 is 34.6 Å². The van der Waals surface area contributed by atoms with E-state index in [1.807, 2.05) is 6.92 Å². The summed E-state index contributed by atoms with van der Waals surface area (Å²) in [7, 11) is 1.28. The van der Waals surface area contributed by atoms with Crippen molar-refractivity contribution in [1.82, 2.24) is 20.2 Å². The number of oxime groups is 1. The number of fused-ring (bicyclic) bond motifs is 1.